The Bertz CT molecular complexity index is 813. The fraction of sp³-hybridized carbons (Fsp3) is 0.542. The molecule has 0 aliphatic carbocycles. The molecule has 0 radical (unpaired) electrons. The van der Waals surface area contributed by atoms with Gasteiger partial charge in [0.1, 0.15) is 5.76 Å². The molecule has 1 aliphatic rings. The molecule has 0 saturated carbocycles. The van der Waals surface area contributed by atoms with E-state index in [9.17, 15) is 0 Å². The number of hydrogen-bond acceptors (Lipinski definition) is 5. The molecule has 0 spiro atoms. The second-order valence-electron chi connectivity index (χ2n) is 8.71. The third-order valence-electron chi connectivity index (χ3n) is 5.79. The molecule has 0 bridgehead atoms. The number of rotatable bonds is 9. The van der Waals surface area contributed by atoms with Crippen LogP contribution in [0.2, 0.25) is 0 Å². The normalized spacial score (nSPS) is 16.0. The van der Waals surface area contributed by atoms with Crippen molar-refractivity contribution < 1.29 is 9.15 Å². The van der Waals surface area contributed by atoms with Gasteiger partial charge in [-0.25, -0.2) is 0 Å². The summed E-state index contributed by atoms with van der Waals surface area (Å²) in [7, 11) is 3.93. The summed E-state index contributed by atoms with van der Waals surface area (Å²) in [5.41, 5.74) is 2.60. The van der Waals surface area contributed by atoms with Gasteiger partial charge in [0, 0.05) is 45.3 Å². The van der Waals surface area contributed by atoms with Crippen LogP contribution in [0.1, 0.15) is 30.7 Å². The van der Waals surface area contributed by atoms with Crippen LogP contribution < -0.4 is 10.6 Å². The van der Waals surface area contributed by atoms with Crippen LogP contribution in [0.25, 0.3) is 0 Å². The van der Waals surface area contributed by atoms with Crippen LogP contribution in [-0.4, -0.2) is 68.2 Å². The van der Waals surface area contributed by atoms with Crippen LogP contribution in [0.3, 0.4) is 0 Å². The van der Waals surface area contributed by atoms with Crippen molar-refractivity contribution in [2.75, 3.05) is 46.9 Å². The molecule has 7 heteroatoms. The van der Waals surface area contributed by atoms with Gasteiger partial charge in [-0.1, -0.05) is 24.3 Å². The SMILES string of the molecule is CN=C(NCc1ccccc1CN(C)Cc1ccco1)NCC(C)(C)N1CCOCC1. The van der Waals surface area contributed by atoms with Crippen molar-refractivity contribution in [3.8, 4) is 0 Å². The first kappa shape index (κ1) is 23.3. The quantitative estimate of drug-likeness (QED) is 0.474. The topological polar surface area (TPSA) is 65.3 Å². The lowest BCUT2D eigenvalue weighted by molar-refractivity contribution is -0.00834. The maximum absolute atomic E-state index is 5.49. The van der Waals surface area contributed by atoms with Crippen molar-refractivity contribution in [1.82, 2.24) is 20.4 Å². The van der Waals surface area contributed by atoms with E-state index in [4.69, 9.17) is 9.15 Å². The highest BCUT2D eigenvalue weighted by atomic mass is 16.5. The molecular formula is C24H37N5O2. The van der Waals surface area contributed by atoms with Crippen LogP contribution in [-0.2, 0) is 24.4 Å². The minimum absolute atomic E-state index is 0.0356. The smallest absolute Gasteiger partial charge is 0.191 e. The summed E-state index contributed by atoms with van der Waals surface area (Å²) < 4.78 is 11.0. The highest BCUT2D eigenvalue weighted by Crippen LogP contribution is 2.16. The van der Waals surface area contributed by atoms with E-state index in [2.05, 4.69) is 70.6 Å². The van der Waals surface area contributed by atoms with E-state index < -0.39 is 0 Å². The van der Waals surface area contributed by atoms with Gasteiger partial charge in [-0.2, -0.15) is 0 Å². The lowest BCUT2D eigenvalue weighted by atomic mass is 10.0. The van der Waals surface area contributed by atoms with E-state index in [1.54, 1.807) is 6.26 Å². The minimum atomic E-state index is 0.0356. The standard InChI is InChI=1S/C24H37N5O2/c1-24(2,29-11-14-30-15-12-29)19-27-23(25-3)26-16-20-8-5-6-9-21(20)17-28(4)18-22-10-7-13-31-22/h5-10,13H,11-12,14-19H2,1-4H3,(H2,25,26,27). The van der Waals surface area contributed by atoms with Crippen molar-refractivity contribution in [1.29, 1.82) is 0 Å². The van der Waals surface area contributed by atoms with Crippen LogP contribution in [0.4, 0.5) is 0 Å². The summed E-state index contributed by atoms with van der Waals surface area (Å²) in [6.07, 6.45) is 1.72. The average molecular weight is 428 g/mol. The Morgan fingerprint density at radius 1 is 1.06 bits per heavy atom. The molecule has 7 nitrogen and oxygen atoms in total. The number of benzene rings is 1. The molecule has 1 aliphatic heterocycles. The first-order chi connectivity index (χ1) is 15.0. The third kappa shape index (κ3) is 7.09. The Morgan fingerprint density at radius 3 is 2.48 bits per heavy atom. The number of morpholine rings is 1. The largest absolute Gasteiger partial charge is 0.468 e. The lowest BCUT2D eigenvalue weighted by Gasteiger charge is -2.41. The Hall–Kier alpha value is -2.35. The highest BCUT2D eigenvalue weighted by Gasteiger charge is 2.28. The van der Waals surface area contributed by atoms with E-state index in [-0.39, 0.29) is 5.54 Å². The summed E-state index contributed by atoms with van der Waals surface area (Å²) >= 11 is 0. The van der Waals surface area contributed by atoms with Gasteiger partial charge >= 0.3 is 0 Å². The van der Waals surface area contributed by atoms with Crippen molar-refractivity contribution in [3.05, 3.63) is 59.5 Å². The molecule has 1 saturated heterocycles. The first-order valence-corrected chi connectivity index (χ1v) is 11.0. The Labute approximate surface area is 186 Å². The molecule has 1 aromatic heterocycles. The second-order valence-corrected chi connectivity index (χ2v) is 8.71. The Kier molecular flexibility index (Phi) is 8.51. The van der Waals surface area contributed by atoms with Crippen LogP contribution in [0.15, 0.2) is 52.1 Å². The summed E-state index contributed by atoms with van der Waals surface area (Å²) in [5.74, 6) is 1.80. The van der Waals surface area contributed by atoms with Gasteiger partial charge in [0.15, 0.2) is 5.96 Å². The fourth-order valence-electron chi connectivity index (χ4n) is 3.88. The van der Waals surface area contributed by atoms with Crippen molar-refractivity contribution in [2.24, 2.45) is 4.99 Å². The van der Waals surface area contributed by atoms with Crippen molar-refractivity contribution in [2.45, 2.75) is 39.0 Å². The van der Waals surface area contributed by atoms with Crippen molar-refractivity contribution in [3.63, 3.8) is 0 Å². The summed E-state index contributed by atoms with van der Waals surface area (Å²) in [6, 6.07) is 12.5. The van der Waals surface area contributed by atoms with Crippen molar-refractivity contribution >= 4 is 5.96 Å². The molecule has 31 heavy (non-hydrogen) atoms. The van der Waals surface area contributed by atoms with Gasteiger partial charge in [-0.3, -0.25) is 14.8 Å². The molecule has 3 rings (SSSR count). The van der Waals surface area contributed by atoms with Gasteiger partial charge in [0.05, 0.1) is 26.0 Å². The van der Waals surface area contributed by atoms with Crippen LogP contribution in [0.5, 0.6) is 0 Å². The van der Waals surface area contributed by atoms with Gasteiger partial charge in [-0.15, -0.1) is 0 Å². The van der Waals surface area contributed by atoms with E-state index in [1.165, 1.54) is 11.1 Å². The van der Waals surface area contributed by atoms with Gasteiger partial charge < -0.3 is 19.8 Å². The molecule has 1 aromatic carbocycles. The minimum Gasteiger partial charge on any atom is -0.468 e. The molecule has 2 heterocycles. The Morgan fingerprint density at radius 2 is 1.81 bits per heavy atom. The maximum Gasteiger partial charge on any atom is 0.191 e. The van der Waals surface area contributed by atoms with Gasteiger partial charge in [0.2, 0.25) is 0 Å². The summed E-state index contributed by atoms with van der Waals surface area (Å²) in [6.45, 7) is 11.3. The second kappa shape index (κ2) is 11.3. The zero-order valence-corrected chi connectivity index (χ0v) is 19.4. The molecule has 1 fully saturated rings. The number of ether oxygens (including phenoxy) is 1. The molecule has 0 amide bonds. The zero-order chi connectivity index (χ0) is 22.1. The van der Waals surface area contributed by atoms with Gasteiger partial charge in [0.25, 0.3) is 0 Å². The van der Waals surface area contributed by atoms with E-state index in [1.807, 2.05) is 19.2 Å². The number of nitrogens with one attached hydrogen (secondary N) is 2. The third-order valence-corrected chi connectivity index (χ3v) is 5.79. The van der Waals surface area contributed by atoms with E-state index in [0.29, 0.717) is 0 Å². The number of guanidine groups is 1. The lowest BCUT2D eigenvalue weighted by Crippen LogP contribution is -2.56. The predicted molar refractivity (Wildman–Crippen MR) is 125 cm³/mol. The molecule has 0 atom stereocenters. The average Bonchev–Trinajstić information content (AvgIpc) is 3.28. The zero-order valence-electron chi connectivity index (χ0n) is 19.4. The number of nitrogens with zero attached hydrogens (tertiary/aromatic N) is 3. The molecule has 170 valence electrons. The monoisotopic (exact) mass is 427 g/mol. The van der Waals surface area contributed by atoms with Crippen LogP contribution >= 0.6 is 0 Å². The molecule has 2 aromatic rings. The number of aliphatic imine (C=N–C) groups is 1. The van der Waals surface area contributed by atoms with E-state index >= 15 is 0 Å². The number of furan rings is 1. The predicted octanol–water partition coefficient (Wildman–Crippen LogP) is 2.69. The fourth-order valence-corrected chi connectivity index (χ4v) is 3.88. The van der Waals surface area contributed by atoms with Crippen LogP contribution in [0, 0.1) is 0 Å². The maximum atomic E-state index is 5.49. The molecular weight excluding hydrogens is 390 g/mol. The summed E-state index contributed by atoms with van der Waals surface area (Å²) in [4.78, 5) is 9.15. The first-order valence-electron chi connectivity index (χ1n) is 11.0. The molecule has 2 N–H and O–H groups in total. The number of hydrogen-bond donors (Lipinski definition) is 2. The van der Waals surface area contributed by atoms with Gasteiger partial charge in [-0.05, 0) is 44.2 Å². The highest BCUT2D eigenvalue weighted by molar-refractivity contribution is 5.79. The summed E-state index contributed by atoms with van der Waals surface area (Å²) in [5, 5.41) is 6.98. The molecule has 0 unspecified atom stereocenters. The van der Waals surface area contributed by atoms with E-state index in [0.717, 1.165) is 64.2 Å². The Balaban J connectivity index is 1.52.